The highest BCUT2D eigenvalue weighted by Gasteiger charge is 2.23. The van der Waals surface area contributed by atoms with E-state index in [4.69, 9.17) is 17.0 Å². The Morgan fingerprint density at radius 3 is 2.57 bits per heavy atom. The van der Waals surface area contributed by atoms with E-state index < -0.39 is 10.0 Å². The van der Waals surface area contributed by atoms with Gasteiger partial charge in [-0.25, -0.2) is 8.42 Å². The molecular formula is C15H20ClN3O3S. The molecule has 2 rings (SSSR count). The van der Waals surface area contributed by atoms with Gasteiger partial charge in [-0.1, -0.05) is 17.7 Å². The number of anilines is 1. The Hall–Kier alpha value is -1.60. The van der Waals surface area contributed by atoms with Crippen molar-refractivity contribution in [1.29, 1.82) is 5.41 Å². The first-order valence-electron chi connectivity index (χ1n) is 7.35. The number of carbonyl (C=O) groups excluding carboxylic acids is 1. The number of sulfonamides is 1. The summed E-state index contributed by atoms with van der Waals surface area (Å²) in [5, 5.41) is 10.8. The molecule has 0 atom stereocenters. The van der Waals surface area contributed by atoms with Crippen LogP contribution in [0.4, 0.5) is 5.69 Å². The van der Waals surface area contributed by atoms with Gasteiger partial charge in [-0.15, -0.1) is 0 Å². The summed E-state index contributed by atoms with van der Waals surface area (Å²) in [7, 11) is -3.35. The Kier molecular flexibility index (Phi) is 5.64. The molecule has 0 aliphatic heterocycles. The number of rotatable bonds is 5. The van der Waals surface area contributed by atoms with Crippen LogP contribution in [-0.2, 0) is 21.4 Å². The molecule has 1 aromatic rings. The Morgan fingerprint density at radius 2 is 2.00 bits per heavy atom. The molecule has 3 N–H and O–H groups in total. The molecule has 1 aliphatic rings. The zero-order valence-electron chi connectivity index (χ0n) is 12.9. The first-order valence-corrected chi connectivity index (χ1v) is 9.62. The average molecular weight is 358 g/mol. The van der Waals surface area contributed by atoms with Crippen LogP contribution in [0.25, 0.3) is 0 Å². The van der Waals surface area contributed by atoms with E-state index in [0.717, 1.165) is 24.7 Å². The Labute approximate surface area is 141 Å². The maximum absolute atomic E-state index is 12.1. The molecule has 1 aromatic carbocycles. The monoisotopic (exact) mass is 357 g/mol. The summed E-state index contributed by atoms with van der Waals surface area (Å²) in [5.74, 6) is -0.0686. The fraction of sp³-hybridized carbons (Fsp3) is 0.467. The second-order valence-electron chi connectivity index (χ2n) is 5.78. The molecule has 8 heteroatoms. The zero-order chi connectivity index (χ0) is 17.0. The van der Waals surface area contributed by atoms with E-state index in [1.54, 1.807) is 12.1 Å². The van der Waals surface area contributed by atoms with Gasteiger partial charge < -0.3 is 10.7 Å². The van der Waals surface area contributed by atoms with Crippen molar-refractivity contribution < 1.29 is 13.2 Å². The van der Waals surface area contributed by atoms with Gasteiger partial charge in [0.25, 0.3) is 0 Å². The fourth-order valence-corrected chi connectivity index (χ4v) is 3.33. The van der Waals surface area contributed by atoms with Crippen LogP contribution in [0.5, 0.6) is 0 Å². The fourth-order valence-electron chi connectivity index (χ4n) is 2.52. The summed E-state index contributed by atoms with van der Waals surface area (Å²) in [5.41, 5.74) is 1.83. The molecule has 1 aliphatic carbocycles. The molecular weight excluding hydrogens is 338 g/mol. The normalized spacial score (nSPS) is 18.5. The molecule has 23 heavy (non-hydrogen) atoms. The van der Waals surface area contributed by atoms with Crippen LogP contribution >= 0.6 is 11.6 Å². The van der Waals surface area contributed by atoms with Gasteiger partial charge in [-0.05, 0) is 43.4 Å². The molecule has 0 radical (unpaired) electrons. The molecule has 1 fully saturated rings. The van der Waals surface area contributed by atoms with Crippen molar-refractivity contribution in [3.63, 3.8) is 0 Å². The van der Waals surface area contributed by atoms with Crippen LogP contribution in [0.15, 0.2) is 18.2 Å². The van der Waals surface area contributed by atoms with Crippen LogP contribution in [0.1, 0.15) is 31.2 Å². The van der Waals surface area contributed by atoms with Gasteiger partial charge >= 0.3 is 0 Å². The van der Waals surface area contributed by atoms with Crippen LogP contribution in [0.3, 0.4) is 0 Å². The topological polar surface area (TPSA) is 99.1 Å². The minimum Gasteiger partial charge on any atom is -0.352 e. The molecule has 1 saturated carbocycles. The minimum absolute atomic E-state index is 0.0214. The molecule has 0 spiro atoms. The third-order valence-electron chi connectivity index (χ3n) is 3.77. The van der Waals surface area contributed by atoms with Crippen molar-refractivity contribution in [3.05, 3.63) is 28.8 Å². The number of hydrogen-bond acceptors (Lipinski definition) is 4. The van der Waals surface area contributed by atoms with Crippen LogP contribution in [-0.4, -0.2) is 26.3 Å². The van der Waals surface area contributed by atoms with Crippen molar-refractivity contribution in [1.82, 2.24) is 5.32 Å². The maximum atomic E-state index is 12.1. The van der Waals surface area contributed by atoms with Crippen molar-refractivity contribution in [2.75, 3.05) is 11.0 Å². The van der Waals surface area contributed by atoms with Gasteiger partial charge in [0, 0.05) is 28.9 Å². The van der Waals surface area contributed by atoms with E-state index in [-0.39, 0.29) is 11.8 Å². The minimum atomic E-state index is -3.35. The van der Waals surface area contributed by atoms with Gasteiger partial charge in [0.2, 0.25) is 15.9 Å². The first kappa shape index (κ1) is 17.7. The Morgan fingerprint density at radius 1 is 1.35 bits per heavy atom. The standard InChI is InChI=1S/C15H20ClN3O3S/c1-23(21,22)19-13-7-4-11(14(16)8-13)9-18-15(20)10-2-5-12(17)6-3-10/h4,7-8,10,17,19H,2-3,5-6,9H2,1H3,(H,18,20). The highest BCUT2D eigenvalue weighted by atomic mass is 35.5. The Balaban J connectivity index is 1.93. The third-order valence-corrected chi connectivity index (χ3v) is 4.73. The molecule has 126 valence electrons. The zero-order valence-corrected chi connectivity index (χ0v) is 14.4. The lowest BCUT2D eigenvalue weighted by Gasteiger charge is -2.21. The van der Waals surface area contributed by atoms with Crippen molar-refractivity contribution >= 4 is 38.9 Å². The Bertz CT molecular complexity index is 709. The SMILES string of the molecule is CS(=O)(=O)Nc1ccc(CNC(=O)C2CCC(=N)CC2)c(Cl)c1. The lowest BCUT2D eigenvalue weighted by atomic mass is 9.87. The summed E-state index contributed by atoms with van der Waals surface area (Å²) in [6.07, 6.45) is 3.87. The van der Waals surface area contributed by atoms with Crippen molar-refractivity contribution in [3.8, 4) is 0 Å². The van der Waals surface area contributed by atoms with Gasteiger partial charge in [0.15, 0.2) is 0 Å². The van der Waals surface area contributed by atoms with Crippen LogP contribution < -0.4 is 10.0 Å². The maximum Gasteiger partial charge on any atom is 0.229 e. The highest BCUT2D eigenvalue weighted by Crippen LogP contribution is 2.24. The van der Waals surface area contributed by atoms with Crippen LogP contribution in [0.2, 0.25) is 5.02 Å². The quantitative estimate of drug-likeness (QED) is 0.755. The number of halogens is 1. The van der Waals surface area contributed by atoms with E-state index >= 15 is 0 Å². The molecule has 0 saturated heterocycles. The number of amides is 1. The number of carbonyl (C=O) groups is 1. The van der Waals surface area contributed by atoms with E-state index in [1.807, 2.05) is 0 Å². The average Bonchev–Trinajstić information content (AvgIpc) is 2.45. The van der Waals surface area contributed by atoms with Crippen molar-refractivity contribution in [2.45, 2.75) is 32.2 Å². The number of benzene rings is 1. The van der Waals surface area contributed by atoms with Gasteiger partial charge in [-0.2, -0.15) is 0 Å². The molecule has 1 amide bonds. The lowest BCUT2D eigenvalue weighted by Crippen LogP contribution is -2.32. The smallest absolute Gasteiger partial charge is 0.229 e. The lowest BCUT2D eigenvalue weighted by molar-refractivity contribution is -0.125. The third kappa shape index (κ3) is 5.51. The second-order valence-corrected chi connectivity index (χ2v) is 7.93. The van der Waals surface area contributed by atoms with Crippen molar-refractivity contribution in [2.24, 2.45) is 5.92 Å². The summed E-state index contributed by atoms with van der Waals surface area (Å²) < 4.78 is 24.7. The molecule has 0 unspecified atom stereocenters. The summed E-state index contributed by atoms with van der Waals surface area (Å²) in [4.78, 5) is 12.1. The summed E-state index contributed by atoms with van der Waals surface area (Å²) in [6, 6.07) is 4.81. The van der Waals surface area contributed by atoms with E-state index in [2.05, 4.69) is 10.0 Å². The number of hydrogen-bond donors (Lipinski definition) is 3. The van der Waals surface area contributed by atoms with Gasteiger partial charge in [-0.3, -0.25) is 9.52 Å². The first-order chi connectivity index (χ1) is 10.7. The molecule has 0 bridgehead atoms. The molecule has 0 aromatic heterocycles. The highest BCUT2D eigenvalue weighted by molar-refractivity contribution is 7.92. The largest absolute Gasteiger partial charge is 0.352 e. The van der Waals surface area contributed by atoms with Gasteiger partial charge in [0.05, 0.1) is 6.26 Å². The summed E-state index contributed by atoms with van der Waals surface area (Å²) in [6.45, 7) is 0.296. The predicted octanol–water partition coefficient (Wildman–Crippen LogP) is 2.54. The van der Waals surface area contributed by atoms with E-state index in [1.165, 1.54) is 6.07 Å². The second kappa shape index (κ2) is 7.31. The molecule has 0 heterocycles. The van der Waals surface area contributed by atoms with Gasteiger partial charge in [0.1, 0.15) is 0 Å². The predicted molar refractivity (Wildman–Crippen MR) is 91.4 cm³/mol. The summed E-state index contributed by atoms with van der Waals surface area (Å²) >= 11 is 6.13. The van der Waals surface area contributed by atoms with E-state index in [9.17, 15) is 13.2 Å². The van der Waals surface area contributed by atoms with Crippen LogP contribution in [0, 0.1) is 11.3 Å². The molecule has 6 nitrogen and oxygen atoms in total. The number of nitrogens with one attached hydrogen (secondary N) is 3. The van der Waals surface area contributed by atoms with E-state index in [0.29, 0.717) is 35.8 Å².